The van der Waals surface area contributed by atoms with Crippen molar-refractivity contribution in [2.75, 3.05) is 7.11 Å². The van der Waals surface area contributed by atoms with Crippen LogP contribution in [0.3, 0.4) is 0 Å². The minimum Gasteiger partial charge on any atom is -0.497 e. The highest BCUT2D eigenvalue weighted by Gasteiger charge is 1.95. The summed E-state index contributed by atoms with van der Waals surface area (Å²) in [6.07, 6.45) is 0. The Kier molecular flexibility index (Phi) is 3.92. The van der Waals surface area contributed by atoms with Crippen molar-refractivity contribution in [2.45, 2.75) is 13.8 Å². The van der Waals surface area contributed by atoms with Crippen LogP contribution in [0.1, 0.15) is 13.8 Å². The monoisotopic (exact) mass is 205 g/mol. The van der Waals surface area contributed by atoms with Gasteiger partial charge in [-0.15, -0.1) is 0 Å². The summed E-state index contributed by atoms with van der Waals surface area (Å²) in [5.41, 5.74) is 0.742. The molecule has 0 aliphatic heterocycles. The van der Waals surface area contributed by atoms with Gasteiger partial charge in [-0.1, -0.05) is 13.8 Å². The van der Waals surface area contributed by atoms with Crippen molar-refractivity contribution in [3.8, 4) is 5.75 Å². The summed E-state index contributed by atoms with van der Waals surface area (Å²) >= 11 is 0. The number of aromatic amines is 1. The highest BCUT2D eigenvalue weighted by Crippen LogP contribution is 2.17. The van der Waals surface area contributed by atoms with Crippen molar-refractivity contribution in [1.82, 2.24) is 4.98 Å². The standard InChI is InChI=1S/C10H9NO2.C2H6/c1-13-8-3-4-9-7(6-8)2-5-10(12)11-9;1-2/h2-6H,1H3,(H,11,12);1-2H3. The number of fused-ring (bicyclic) bond motifs is 1. The van der Waals surface area contributed by atoms with Gasteiger partial charge in [0, 0.05) is 17.0 Å². The molecule has 0 amide bonds. The zero-order chi connectivity index (χ0) is 11.3. The van der Waals surface area contributed by atoms with E-state index in [1.807, 2.05) is 32.0 Å². The topological polar surface area (TPSA) is 42.1 Å². The van der Waals surface area contributed by atoms with Crippen molar-refractivity contribution in [1.29, 1.82) is 0 Å². The maximum absolute atomic E-state index is 11.0. The lowest BCUT2D eigenvalue weighted by Gasteiger charge is -2.00. The van der Waals surface area contributed by atoms with E-state index in [1.165, 1.54) is 6.07 Å². The highest BCUT2D eigenvalue weighted by atomic mass is 16.5. The van der Waals surface area contributed by atoms with E-state index in [-0.39, 0.29) is 5.56 Å². The number of nitrogens with one attached hydrogen (secondary N) is 1. The van der Waals surface area contributed by atoms with Crippen LogP contribution in [0.25, 0.3) is 10.9 Å². The van der Waals surface area contributed by atoms with E-state index in [4.69, 9.17) is 4.74 Å². The van der Waals surface area contributed by atoms with Crippen LogP contribution in [-0.4, -0.2) is 12.1 Å². The largest absolute Gasteiger partial charge is 0.497 e. The third-order valence-corrected chi connectivity index (χ3v) is 1.93. The Balaban J connectivity index is 0.000000531. The van der Waals surface area contributed by atoms with Crippen LogP contribution in [0, 0.1) is 0 Å². The molecule has 0 saturated heterocycles. The second kappa shape index (κ2) is 5.20. The lowest BCUT2D eigenvalue weighted by atomic mass is 10.2. The minimum atomic E-state index is -0.0855. The number of benzene rings is 1. The number of H-pyrrole nitrogens is 1. The van der Waals surface area contributed by atoms with Crippen LogP contribution in [0.5, 0.6) is 5.75 Å². The van der Waals surface area contributed by atoms with Crippen LogP contribution in [0.2, 0.25) is 0 Å². The molecule has 0 atom stereocenters. The van der Waals surface area contributed by atoms with Crippen LogP contribution < -0.4 is 10.3 Å². The molecule has 0 unspecified atom stereocenters. The Morgan fingerprint density at radius 3 is 2.53 bits per heavy atom. The molecule has 2 aromatic rings. The van der Waals surface area contributed by atoms with Crippen molar-refractivity contribution >= 4 is 10.9 Å². The van der Waals surface area contributed by atoms with Gasteiger partial charge in [0.15, 0.2) is 0 Å². The van der Waals surface area contributed by atoms with Gasteiger partial charge in [0.1, 0.15) is 5.75 Å². The average Bonchev–Trinajstić information content (AvgIpc) is 2.31. The predicted octanol–water partition coefficient (Wildman–Crippen LogP) is 2.56. The summed E-state index contributed by atoms with van der Waals surface area (Å²) in [7, 11) is 1.62. The summed E-state index contributed by atoms with van der Waals surface area (Å²) in [6.45, 7) is 4.00. The van der Waals surface area contributed by atoms with Crippen LogP contribution >= 0.6 is 0 Å². The summed E-state index contributed by atoms with van der Waals surface area (Å²) < 4.78 is 5.06. The molecule has 3 heteroatoms. The lowest BCUT2D eigenvalue weighted by Crippen LogP contribution is -2.01. The van der Waals surface area contributed by atoms with E-state index in [0.29, 0.717) is 0 Å². The fourth-order valence-corrected chi connectivity index (χ4v) is 1.26. The fourth-order valence-electron chi connectivity index (χ4n) is 1.26. The van der Waals surface area contributed by atoms with E-state index in [0.717, 1.165) is 16.7 Å². The van der Waals surface area contributed by atoms with Gasteiger partial charge in [-0.25, -0.2) is 0 Å². The van der Waals surface area contributed by atoms with E-state index in [9.17, 15) is 4.79 Å². The van der Waals surface area contributed by atoms with Gasteiger partial charge in [-0.2, -0.15) is 0 Å². The van der Waals surface area contributed by atoms with Gasteiger partial charge in [0.25, 0.3) is 0 Å². The Labute approximate surface area is 88.7 Å². The number of hydrogen-bond donors (Lipinski definition) is 1. The van der Waals surface area contributed by atoms with Gasteiger partial charge in [-0.05, 0) is 24.3 Å². The molecule has 3 nitrogen and oxygen atoms in total. The van der Waals surface area contributed by atoms with E-state index >= 15 is 0 Å². The molecule has 0 radical (unpaired) electrons. The Morgan fingerprint density at radius 2 is 1.87 bits per heavy atom. The van der Waals surface area contributed by atoms with Gasteiger partial charge in [0.05, 0.1) is 7.11 Å². The highest BCUT2D eigenvalue weighted by molar-refractivity contribution is 5.79. The number of methoxy groups -OCH3 is 1. The molecule has 0 fully saturated rings. The predicted molar refractivity (Wildman–Crippen MR) is 62.5 cm³/mol. The zero-order valence-electron chi connectivity index (χ0n) is 9.20. The molecule has 80 valence electrons. The Morgan fingerprint density at radius 1 is 1.13 bits per heavy atom. The fraction of sp³-hybridized carbons (Fsp3) is 0.250. The molecule has 15 heavy (non-hydrogen) atoms. The van der Waals surface area contributed by atoms with Gasteiger partial charge in [0.2, 0.25) is 5.56 Å². The molecule has 0 aliphatic carbocycles. The molecule has 1 aromatic heterocycles. The molecule has 1 heterocycles. The zero-order valence-corrected chi connectivity index (χ0v) is 9.20. The minimum absolute atomic E-state index is 0.0855. The van der Waals surface area contributed by atoms with E-state index in [2.05, 4.69) is 4.98 Å². The van der Waals surface area contributed by atoms with E-state index < -0.39 is 0 Å². The molecule has 0 aliphatic rings. The smallest absolute Gasteiger partial charge is 0.248 e. The summed E-state index contributed by atoms with van der Waals surface area (Å²) in [4.78, 5) is 13.7. The lowest BCUT2D eigenvalue weighted by molar-refractivity contribution is 0.415. The molecular weight excluding hydrogens is 190 g/mol. The first-order chi connectivity index (χ1) is 7.29. The third kappa shape index (κ3) is 2.59. The second-order valence-corrected chi connectivity index (χ2v) is 2.78. The maximum Gasteiger partial charge on any atom is 0.248 e. The van der Waals surface area contributed by atoms with Crippen molar-refractivity contribution in [3.05, 3.63) is 40.7 Å². The molecule has 0 spiro atoms. The molecular formula is C12H15NO2. The number of aromatic nitrogens is 1. The summed E-state index contributed by atoms with van der Waals surface area (Å²) in [5.74, 6) is 0.791. The van der Waals surface area contributed by atoms with Crippen molar-refractivity contribution in [3.63, 3.8) is 0 Å². The van der Waals surface area contributed by atoms with Crippen LogP contribution in [0.4, 0.5) is 0 Å². The first kappa shape index (κ1) is 11.3. The van der Waals surface area contributed by atoms with Crippen molar-refractivity contribution in [2.24, 2.45) is 0 Å². The Bertz CT molecular complexity index is 488. The number of pyridine rings is 1. The van der Waals surface area contributed by atoms with Crippen molar-refractivity contribution < 1.29 is 4.74 Å². The van der Waals surface area contributed by atoms with Crippen LogP contribution in [-0.2, 0) is 0 Å². The average molecular weight is 205 g/mol. The number of ether oxygens (including phenoxy) is 1. The first-order valence-corrected chi connectivity index (χ1v) is 4.97. The quantitative estimate of drug-likeness (QED) is 0.777. The number of rotatable bonds is 1. The van der Waals surface area contributed by atoms with Gasteiger partial charge >= 0.3 is 0 Å². The first-order valence-electron chi connectivity index (χ1n) is 4.97. The Hall–Kier alpha value is -1.77. The SMILES string of the molecule is CC.COc1ccc2[nH]c(=O)ccc2c1. The van der Waals surface area contributed by atoms with Crippen LogP contribution in [0.15, 0.2) is 35.1 Å². The maximum atomic E-state index is 11.0. The van der Waals surface area contributed by atoms with E-state index in [1.54, 1.807) is 13.2 Å². The van der Waals surface area contributed by atoms with Gasteiger partial charge in [-0.3, -0.25) is 4.79 Å². The number of hydrogen-bond acceptors (Lipinski definition) is 2. The molecule has 1 N–H and O–H groups in total. The molecule has 1 aromatic carbocycles. The molecule has 0 saturated carbocycles. The molecule has 0 bridgehead atoms. The molecule has 2 rings (SSSR count). The third-order valence-electron chi connectivity index (χ3n) is 1.93. The summed E-state index contributed by atoms with van der Waals surface area (Å²) in [6, 6.07) is 8.80. The normalized spacial score (nSPS) is 9.27. The van der Waals surface area contributed by atoms with Gasteiger partial charge < -0.3 is 9.72 Å². The summed E-state index contributed by atoms with van der Waals surface area (Å²) in [5, 5.41) is 0.971. The second-order valence-electron chi connectivity index (χ2n) is 2.78.